The third-order valence-corrected chi connectivity index (χ3v) is 12.6. The van der Waals surface area contributed by atoms with Crippen molar-refractivity contribution in [3.05, 3.63) is 36.5 Å². The molecule has 0 heterocycles. The van der Waals surface area contributed by atoms with Crippen molar-refractivity contribution in [3.63, 3.8) is 0 Å². The number of allylic oxidation sites excluding steroid dienone is 6. The van der Waals surface area contributed by atoms with Crippen molar-refractivity contribution in [1.82, 2.24) is 0 Å². The van der Waals surface area contributed by atoms with Gasteiger partial charge in [-0.3, -0.25) is 14.4 Å². The minimum absolute atomic E-state index is 0.0766. The Bertz CT molecular complexity index is 1090. The van der Waals surface area contributed by atoms with Crippen LogP contribution in [-0.4, -0.2) is 37.2 Å². The molecule has 0 rings (SSSR count). The van der Waals surface area contributed by atoms with E-state index in [-0.39, 0.29) is 31.1 Å². The van der Waals surface area contributed by atoms with E-state index in [9.17, 15) is 14.4 Å². The summed E-state index contributed by atoms with van der Waals surface area (Å²) in [4.78, 5) is 38.1. The summed E-state index contributed by atoms with van der Waals surface area (Å²) in [6, 6.07) is 0. The number of esters is 3. The van der Waals surface area contributed by atoms with E-state index >= 15 is 0 Å². The number of ether oxygens (including phenoxy) is 3. The number of hydrogen-bond acceptors (Lipinski definition) is 6. The molecule has 6 nitrogen and oxygen atoms in total. The van der Waals surface area contributed by atoms with Crippen molar-refractivity contribution in [2.45, 2.75) is 309 Å². The van der Waals surface area contributed by atoms with Crippen LogP contribution in [0, 0.1) is 0 Å². The second-order valence-electron chi connectivity index (χ2n) is 19.2. The highest BCUT2D eigenvalue weighted by Gasteiger charge is 2.19. The molecule has 0 saturated carbocycles. The number of carbonyl (C=O) groups excluding carboxylic acids is 3. The van der Waals surface area contributed by atoms with Gasteiger partial charge in [0, 0.05) is 19.3 Å². The third kappa shape index (κ3) is 52.5. The minimum atomic E-state index is -0.779. The molecule has 1 unspecified atom stereocenters. The maximum atomic E-state index is 12.8. The summed E-state index contributed by atoms with van der Waals surface area (Å²) < 4.78 is 16.9. The Morgan fingerprint density at radius 2 is 0.554 bits per heavy atom. The summed E-state index contributed by atoms with van der Waals surface area (Å²) in [5.41, 5.74) is 0. The van der Waals surface area contributed by atoms with E-state index in [4.69, 9.17) is 14.2 Å². The molecule has 0 saturated heterocycles. The smallest absolute Gasteiger partial charge is 0.306 e. The Labute approximate surface area is 404 Å². The van der Waals surface area contributed by atoms with Crippen molar-refractivity contribution >= 4 is 17.9 Å². The van der Waals surface area contributed by atoms with Gasteiger partial charge in [0.25, 0.3) is 0 Å². The molecule has 0 aliphatic heterocycles. The predicted octanol–water partition coefficient (Wildman–Crippen LogP) is 18.9. The molecule has 65 heavy (non-hydrogen) atoms. The van der Waals surface area contributed by atoms with Gasteiger partial charge in [-0.15, -0.1) is 0 Å². The lowest BCUT2D eigenvalue weighted by Crippen LogP contribution is -2.30. The van der Waals surface area contributed by atoms with E-state index in [0.717, 1.165) is 83.5 Å². The van der Waals surface area contributed by atoms with Crippen molar-refractivity contribution in [3.8, 4) is 0 Å². The van der Waals surface area contributed by atoms with E-state index in [1.54, 1.807) is 0 Å². The second-order valence-corrected chi connectivity index (χ2v) is 19.2. The zero-order valence-electron chi connectivity index (χ0n) is 43.5. The van der Waals surface area contributed by atoms with E-state index in [2.05, 4.69) is 57.2 Å². The summed E-state index contributed by atoms with van der Waals surface area (Å²) in [5, 5.41) is 0. The van der Waals surface area contributed by atoms with Crippen molar-refractivity contribution in [2.24, 2.45) is 0 Å². The van der Waals surface area contributed by atoms with Crippen LogP contribution in [0.3, 0.4) is 0 Å². The Hall–Kier alpha value is -2.37. The zero-order valence-corrected chi connectivity index (χ0v) is 43.5. The molecule has 380 valence electrons. The summed E-state index contributed by atoms with van der Waals surface area (Å²) in [7, 11) is 0. The largest absolute Gasteiger partial charge is 0.462 e. The molecule has 0 aromatic rings. The second kappa shape index (κ2) is 54.2. The fourth-order valence-corrected chi connectivity index (χ4v) is 8.29. The van der Waals surface area contributed by atoms with Crippen LogP contribution in [0.25, 0.3) is 0 Å². The lowest BCUT2D eigenvalue weighted by atomic mass is 10.0. The van der Waals surface area contributed by atoms with E-state index in [0.29, 0.717) is 19.3 Å². The summed E-state index contributed by atoms with van der Waals surface area (Å²) in [6.07, 6.45) is 64.1. The summed E-state index contributed by atoms with van der Waals surface area (Å²) in [5.74, 6) is -0.883. The molecule has 0 radical (unpaired) electrons. The van der Waals surface area contributed by atoms with Gasteiger partial charge in [-0.25, -0.2) is 0 Å². The average molecular weight is 914 g/mol. The van der Waals surface area contributed by atoms with Crippen LogP contribution in [-0.2, 0) is 28.6 Å². The lowest BCUT2D eigenvalue weighted by Gasteiger charge is -2.18. The SMILES string of the molecule is CCCCCCC/C=C\C/C=C\CCCCCCCC(=O)OCC(COC(=O)CCCCCCCCCCCCCCCCC)OC(=O)CCCCCCC/C=C\CCCCCCCC. The molecular weight excluding hydrogens is 805 g/mol. The molecule has 0 spiro atoms. The third-order valence-electron chi connectivity index (χ3n) is 12.6. The van der Waals surface area contributed by atoms with Gasteiger partial charge in [0.1, 0.15) is 13.2 Å². The maximum Gasteiger partial charge on any atom is 0.306 e. The van der Waals surface area contributed by atoms with E-state index in [1.165, 1.54) is 180 Å². The van der Waals surface area contributed by atoms with E-state index < -0.39 is 6.10 Å². The Kier molecular flexibility index (Phi) is 52.3. The molecule has 1 atom stereocenters. The van der Waals surface area contributed by atoms with Gasteiger partial charge < -0.3 is 14.2 Å². The quantitative estimate of drug-likeness (QED) is 0.0262. The Morgan fingerprint density at radius 3 is 0.862 bits per heavy atom. The molecular formula is C59H108O6. The molecule has 6 heteroatoms. The highest BCUT2D eigenvalue weighted by molar-refractivity contribution is 5.71. The number of rotatable bonds is 52. The first-order valence-electron chi connectivity index (χ1n) is 28.5. The molecule has 0 bridgehead atoms. The fraction of sp³-hybridized carbons (Fsp3) is 0.847. The Morgan fingerprint density at radius 1 is 0.308 bits per heavy atom. The molecule has 0 N–H and O–H groups in total. The van der Waals surface area contributed by atoms with Crippen LogP contribution in [0.15, 0.2) is 36.5 Å². The first-order chi connectivity index (χ1) is 32.0. The van der Waals surface area contributed by atoms with Gasteiger partial charge in [-0.05, 0) is 77.0 Å². The monoisotopic (exact) mass is 913 g/mol. The van der Waals surface area contributed by atoms with Gasteiger partial charge in [0.2, 0.25) is 0 Å². The van der Waals surface area contributed by atoms with Crippen molar-refractivity contribution < 1.29 is 28.6 Å². The maximum absolute atomic E-state index is 12.8. The fourth-order valence-electron chi connectivity index (χ4n) is 8.29. The molecule has 0 aliphatic rings. The Balaban J connectivity index is 4.38. The number of hydrogen-bond donors (Lipinski definition) is 0. The van der Waals surface area contributed by atoms with Crippen LogP contribution in [0.2, 0.25) is 0 Å². The molecule has 0 aromatic heterocycles. The zero-order chi connectivity index (χ0) is 47.2. The van der Waals surface area contributed by atoms with Gasteiger partial charge in [0.15, 0.2) is 6.10 Å². The molecule has 0 aliphatic carbocycles. The summed E-state index contributed by atoms with van der Waals surface area (Å²) in [6.45, 7) is 6.64. The number of unbranched alkanes of at least 4 members (excludes halogenated alkanes) is 35. The molecule has 0 fully saturated rings. The molecule has 0 aromatic carbocycles. The number of carbonyl (C=O) groups is 3. The normalized spacial score (nSPS) is 12.2. The lowest BCUT2D eigenvalue weighted by molar-refractivity contribution is -0.167. The van der Waals surface area contributed by atoms with Crippen LogP contribution in [0.4, 0.5) is 0 Å². The van der Waals surface area contributed by atoms with Crippen molar-refractivity contribution in [2.75, 3.05) is 13.2 Å². The van der Waals surface area contributed by atoms with Gasteiger partial charge >= 0.3 is 17.9 Å². The summed E-state index contributed by atoms with van der Waals surface area (Å²) >= 11 is 0. The van der Waals surface area contributed by atoms with Crippen LogP contribution in [0.1, 0.15) is 303 Å². The first kappa shape index (κ1) is 62.6. The average Bonchev–Trinajstić information content (AvgIpc) is 3.30. The standard InChI is InChI=1S/C59H108O6/c1-4-7-10-13-16-19-22-25-28-29-32-34-37-40-43-46-49-52-58(61)64-55-56(65-59(62)53-50-47-44-41-38-35-31-27-24-21-18-15-12-9-6-3)54-63-57(60)51-48-45-42-39-36-33-30-26-23-20-17-14-11-8-5-2/h22,25,27,29,31-32,56H,4-21,23-24,26,28,30,33-55H2,1-3H3/b25-22-,31-27-,32-29-. The van der Waals surface area contributed by atoms with Crippen molar-refractivity contribution in [1.29, 1.82) is 0 Å². The van der Waals surface area contributed by atoms with Gasteiger partial charge in [-0.1, -0.05) is 243 Å². The van der Waals surface area contributed by atoms with E-state index in [1.807, 2.05) is 0 Å². The van der Waals surface area contributed by atoms with Gasteiger partial charge in [-0.2, -0.15) is 0 Å². The first-order valence-corrected chi connectivity index (χ1v) is 28.5. The highest BCUT2D eigenvalue weighted by Crippen LogP contribution is 2.16. The highest BCUT2D eigenvalue weighted by atomic mass is 16.6. The predicted molar refractivity (Wildman–Crippen MR) is 279 cm³/mol. The minimum Gasteiger partial charge on any atom is -0.462 e. The van der Waals surface area contributed by atoms with Gasteiger partial charge in [0.05, 0.1) is 0 Å². The van der Waals surface area contributed by atoms with Crippen LogP contribution in [0.5, 0.6) is 0 Å². The van der Waals surface area contributed by atoms with Crippen LogP contribution < -0.4 is 0 Å². The molecule has 0 amide bonds. The van der Waals surface area contributed by atoms with Crippen LogP contribution >= 0.6 is 0 Å². The topological polar surface area (TPSA) is 78.9 Å².